The number of nitriles is 1. The highest BCUT2D eigenvalue weighted by atomic mass is 35.5. The van der Waals surface area contributed by atoms with Gasteiger partial charge in [-0.2, -0.15) is 10.3 Å². The zero-order valence-corrected chi connectivity index (χ0v) is 14.9. The summed E-state index contributed by atoms with van der Waals surface area (Å²) in [4.78, 5) is 29.4. The van der Waals surface area contributed by atoms with Crippen LogP contribution in [0.2, 0.25) is 5.02 Å². The number of benzene rings is 1. The van der Waals surface area contributed by atoms with Gasteiger partial charge in [0.25, 0.3) is 5.70 Å². The fourth-order valence-corrected chi connectivity index (χ4v) is 2.65. The number of aliphatic imine (C=N–C) groups is 1. The fourth-order valence-electron chi connectivity index (χ4n) is 2.47. The molecule has 0 fully saturated rings. The Labute approximate surface area is 160 Å². The zero-order chi connectivity index (χ0) is 19.2. The van der Waals surface area contributed by atoms with E-state index in [1.165, 1.54) is 12.7 Å². The first-order valence-electron chi connectivity index (χ1n) is 8.14. The Hall–Kier alpha value is -3.22. The number of carbonyl (C=O) groups excluding carboxylic acids is 2. The fraction of sp³-hybridized carbons (Fsp3) is 0.235. The minimum atomic E-state index is -0.464. The van der Waals surface area contributed by atoms with Crippen molar-refractivity contribution in [2.45, 2.75) is 6.42 Å². The molecule has 0 saturated heterocycles. The van der Waals surface area contributed by atoms with Gasteiger partial charge in [0.15, 0.2) is 6.34 Å². The average molecular weight is 388 g/mol. The van der Waals surface area contributed by atoms with Gasteiger partial charge in [-0.15, -0.1) is 5.01 Å². The SMILES string of the molecule is N#CC1=C2C(=O)N(CC(=O)NCCCOc3cccc(Cl)c3)C=N[NH+]2C=N1. The van der Waals surface area contributed by atoms with Crippen LogP contribution in [-0.4, -0.2) is 49.1 Å². The lowest BCUT2D eigenvalue weighted by molar-refractivity contribution is -0.756. The molecular weight excluding hydrogens is 372 g/mol. The van der Waals surface area contributed by atoms with Crippen molar-refractivity contribution in [2.75, 3.05) is 19.7 Å². The maximum Gasteiger partial charge on any atom is 0.319 e. The van der Waals surface area contributed by atoms with Crippen LogP contribution in [0.5, 0.6) is 5.75 Å². The molecule has 2 N–H and O–H groups in total. The highest BCUT2D eigenvalue weighted by Crippen LogP contribution is 2.17. The molecule has 10 heteroatoms. The summed E-state index contributed by atoms with van der Waals surface area (Å²) in [6.07, 6.45) is 3.23. The van der Waals surface area contributed by atoms with E-state index >= 15 is 0 Å². The molecule has 2 aliphatic rings. The molecule has 9 nitrogen and oxygen atoms in total. The van der Waals surface area contributed by atoms with Crippen LogP contribution < -0.4 is 15.1 Å². The largest absolute Gasteiger partial charge is 0.493 e. The van der Waals surface area contributed by atoms with Gasteiger partial charge >= 0.3 is 5.91 Å². The molecule has 0 spiro atoms. The summed E-state index contributed by atoms with van der Waals surface area (Å²) in [5.74, 6) is -0.135. The molecule has 1 atom stereocenters. The van der Waals surface area contributed by atoms with Gasteiger partial charge in [0.05, 0.1) is 6.61 Å². The van der Waals surface area contributed by atoms with Crippen LogP contribution in [-0.2, 0) is 9.59 Å². The van der Waals surface area contributed by atoms with Crippen LogP contribution >= 0.6 is 11.6 Å². The van der Waals surface area contributed by atoms with Gasteiger partial charge in [0.2, 0.25) is 17.9 Å². The van der Waals surface area contributed by atoms with Gasteiger partial charge < -0.3 is 10.1 Å². The predicted octanol–water partition coefficient (Wildman–Crippen LogP) is -0.327. The standard InChI is InChI=1S/C17H15ClN6O3/c18-12-3-1-4-13(7-12)27-6-2-5-20-15(25)9-23-11-22-24-10-21-14(8-19)16(24)17(23)26/h1,3-4,7,10-11H,2,5-6,9H2,(H,20,25)/p+1. The van der Waals surface area contributed by atoms with E-state index in [-0.39, 0.29) is 23.8 Å². The summed E-state index contributed by atoms with van der Waals surface area (Å²) in [7, 11) is 0. The van der Waals surface area contributed by atoms with Crippen molar-refractivity contribution in [1.82, 2.24) is 10.2 Å². The number of allylic oxidation sites excluding steroid dienone is 1. The topological polar surface area (TPSA) is 112 Å². The smallest absolute Gasteiger partial charge is 0.319 e. The Bertz CT molecular complexity index is 889. The van der Waals surface area contributed by atoms with Gasteiger partial charge in [-0.1, -0.05) is 22.8 Å². The number of amides is 2. The summed E-state index contributed by atoms with van der Waals surface area (Å²) >= 11 is 5.87. The molecular formula is C17H16ClN6O3+. The number of rotatable bonds is 7. The molecule has 0 radical (unpaired) electrons. The normalized spacial score (nSPS) is 17.7. The molecule has 1 unspecified atom stereocenters. The van der Waals surface area contributed by atoms with Gasteiger partial charge in [-0.05, 0) is 24.6 Å². The molecule has 0 saturated carbocycles. The first kappa shape index (κ1) is 18.6. The van der Waals surface area contributed by atoms with Crippen LogP contribution in [0.1, 0.15) is 6.42 Å². The zero-order valence-electron chi connectivity index (χ0n) is 14.2. The molecule has 3 rings (SSSR count). The molecule has 2 amide bonds. The van der Waals surface area contributed by atoms with Crippen molar-refractivity contribution in [2.24, 2.45) is 10.1 Å². The van der Waals surface area contributed by atoms with E-state index < -0.39 is 5.91 Å². The number of carbonyl (C=O) groups is 2. The second kappa shape index (κ2) is 8.44. The Morgan fingerprint density at radius 2 is 2.30 bits per heavy atom. The number of nitrogens with one attached hydrogen (secondary N) is 2. The minimum absolute atomic E-state index is 0.00965. The van der Waals surface area contributed by atoms with E-state index in [2.05, 4.69) is 15.4 Å². The molecule has 138 valence electrons. The maximum absolute atomic E-state index is 12.4. The number of nitrogens with zero attached hydrogens (tertiary/aromatic N) is 4. The molecule has 0 aliphatic carbocycles. The highest BCUT2D eigenvalue weighted by molar-refractivity contribution is 6.30. The highest BCUT2D eigenvalue weighted by Gasteiger charge is 2.38. The third-order valence-electron chi connectivity index (χ3n) is 3.75. The number of hydrogen-bond donors (Lipinski definition) is 2. The van der Waals surface area contributed by atoms with Crippen LogP contribution in [0, 0.1) is 11.3 Å². The number of hydrogen-bond acceptors (Lipinski definition) is 6. The molecule has 2 heterocycles. The molecule has 1 aromatic rings. The van der Waals surface area contributed by atoms with E-state index in [1.54, 1.807) is 24.3 Å². The van der Waals surface area contributed by atoms with Crippen molar-refractivity contribution in [3.05, 3.63) is 40.7 Å². The Balaban J connectivity index is 1.42. The van der Waals surface area contributed by atoms with Crippen molar-refractivity contribution >= 4 is 36.1 Å². The van der Waals surface area contributed by atoms with Crippen molar-refractivity contribution < 1.29 is 19.3 Å². The average Bonchev–Trinajstić information content (AvgIpc) is 3.08. The number of quaternary nitrogens is 1. The first-order chi connectivity index (χ1) is 13.1. The Morgan fingerprint density at radius 3 is 3.07 bits per heavy atom. The van der Waals surface area contributed by atoms with Crippen LogP contribution in [0.4, 0.5) is 0 Å². The second-order valence-electron chi connectivity index (χ2n) is 5.67. The third kappa shape index (κ3) is 4.49. The van der Waals surface area contributed by atoms with Gasteiger partial charge in [-0.25, -0.2) is 0 Å². The lowest BCUT2D eigenvalue weighted by atomic mass is 10.3. The summed E-state index contributed by atoms with van der Waals surface area (Å²) < 4.78 is 5.53. The number of halogens is 1. The molecule has 1 aromatic carbocycles. The van der Waals surface area contributed by atoms with Crippen LogP contribution in [0.15, 0.2) is 45.8 Å². The third-order valence-corrected chi connectivity index (χ3v) is 3.98. The summed E-state index contributed by atoms with van der Waals surface area (Å²) in [6, 6.07) is 8.91. The van der Waals surface area contributed by atoms with Crippen molar-refractivity contribution in [3.63, 3.8) is 0 Å². The van der Waals surface area contributed by atoms with Crippen LogP contribution in [0.25, 0.3) is 0 Å². The lowest BCUT2D eigenvalue weighted by Crippen LogP contribution is -3.06. The molecule has 0 bridgehead atoms. The maximum atomic E-state index is 12.4. The molecule has 2 aliphatic heterocycles. The van der Waals surface area contributed by atoms with E-state index in [4.69, 9.17) is 21.6 Å². The Kier molecular flexibility index (Phi) is 5.80. The summed E-state index contributed by atoms with van der Waals surface area (Å²) in [6.45, 7) is 0.622. The lowest BCUT2D eigenvalue weighted by Gasteiger charge is -2.21. The van der Waals surface area contributed by atoms with Gasteiger partial charge in [0, 0.05) is 11.6 Å². The van der Waals surface area contributed by atoms with Crippen molar-refractivity contribution in [1.29, 1.82) is 5.26 Å². The summed E-state index contributed by atoms with van der Waals surface area (Å²) in [5.41, 5.74) is 0.137. The van der Waals surface area contributed by atoms with E-state index in [0.717, 1.165) is 4.90 Å². The Morgan fingerprint density at radius 1 is 1.44 bits per heavy atom. The van der Waals surface area contributed by atoms with E-state index in [9.17, 15) is 9.59 Å². The van der Waals surface area contributed by atoms with E-state index in [1.807, 2.05) is 6.07 Å². The van der Waals surface area contributed by atoms with Gasteiger partial charge in [0.1, 0.15) is 18.4 Å². The molecule has 0 aromatic heterocycles. The second-order valence-corrected chi connectivity index (χ2v) is 6.10. The van der Waals surface area contributed by atoms with Crippen molar-refractivity contribution in [3.8, 4) is 11.8 Å². The van der Waals surface area contributed by atoms with Gasteiger partial charge in [-0.3, -0.25) is 14.5 Å². The number of ether oxygens (including phenoxy) is 1. The number of fused-ring (bicyclic) bond motifs is 1. The predicted molar refractivity (Wildman–Crippen MR) is 96.9 cm³/mol. The minimum Gasteiger partial charge on any atom is -0.493 e. The van der Waals surface area contributed by atoms with E-state index in [0.29, 0.717) is 35.4 Å². The summed E-state index contributed by atoms with van der Waals surface area (Å²) in [5, 5.41) is 16.7. The van der Waals surface area contributed by atoms with Crippen LogP contribution in [0.3, 0.4) is 0 Å². The quantitative estimate of drug-likeness (QED) is 0.624. The monoisotopic (exact) mass is 387 g/mol. The molecule has 27 heavy (non-hydrogen) atoms. The first-order valence-corrected chi connectivity index (χ1v) is 8.52.